The molecule has 16 nitrogen and oxygen atoms in total. The van der Waals surface area contributed by atoms with E-state index in [4.69, 9.17) is 14.5 Å². The molecule has 0 spiro atoms. The molecular weight excluding hydrogens is 801 g/mol. The van der Waals surface area contributed by atoms with Gasteiger partial charge in [-0.15, -0.1) is 6.58 Å². The first-order chi connectivity index (χ1) is 30.7. The number of allylic oxidation sites excluding steroid dienone is 3. The Bertz CT molecular complexity index is 2530. The van der Waals surface area contributed by atoms with Crippen molar-refractivity contribution in [3.63, 3.8) is 0 Å². The van der Waals surface area contributed by atoms with Crippen LogP contribution in [-0.4, -0.2) is 111 Å². The van der Waals surface area contributed by atoms with E-state index in [1.807, 2.05) is 35.0 Å². The summed E-state index contributed by atoms with van der Waals surface area (Å²) in [6.07, 6.45) is 13.8. The molecule has 3 amide bonds. The highest BCUT2D eigenvalue weighted by atomic mass is 16.5. The van der Waals surface area contributed by atoms with Crippen molar-refractivity contribution in [1.82, 2.24) is 39.8 Å². The number of unbranched alkanes of at least 4 members (excludes halogenated alkanes) is 2. The number of piperazine rings is 1. The Morgan fingerprint density at radius 3 is 2.59 bits per heavy atom. The second-order valence-electron chi connectivity index (χ2n) is 17.0. The molecule has 1 saturated carbocycles. The van der Waals surface area contributed by atoms with E-state index >= 15 is 0 Å². The number of carbonyl (C=O) groups excluding carboxylic acids is 3. The molecule has 0 radical (unpaired) electrons. The van der Waals surface area contributed by atoms with Crippen LogP contribution in [0.15, 0.2) is 83.8 Å². The Hall–Kier alpha value is -6.26. The quantitative estimate of drug-likeness (QED) is 0.0791. The smallest absolute Gasteiger partial charge is 0.278 e. The van der Waals surface area contributed by atoms with Crippen molar-refractivity contribution in [3.05, 3.63) is 101 Å². The lowest BCUT2D eigenvalue weighted by Crippen LogP contribution is -2.52. The summed E-state index contributed by atoms with van der Waals surface area (Å²) in [7, 11) is 1.78. The number of carbonyl (C=O) groups is 3. The van der Waals surface area contributed by atoms with Gasteiger partial charge in [0.2, 0.25) is 17.8 Å². The molecule has 3 fully saturated rings. The van der Waals surface area contributed by atoms with Gasteiger partial charge in [-0.05, 0) is 99.5 Å². The summed E-state index contributed by atoms with van der Waals surface area (Å²) in [5.41, 5.74) is 4.68. The number of aromatic nitrogens is 4. The van der Waals surface area contributed by atoms with Crippen LogP contribution in [-0.2, 0) is 27.4 Å². The van der Waals surface area contributed by atoms with Crippen LogP contribution < -0.4 is 31.1 Å². The summed E-state index contributed by atoms with van der Waals surface area (Å²) in [5.74, 6) is 0.932. The van der Waals surface area contributed by atoms with Crippen LogP contribution in [0.5, 0.6) is 5.75 Å². The maximum absolute atomic E-state index is 13.6. The van der Waals surface area contributed by atoms with Crippen LogP contribution >= 0.6 is 0 Å². The molecule has 0 bridgehead atoms. The number of anilines is 3. The van der Waals surface area contributed by atoms with Crippen molar-refractivity contribution < 1.29 is 23.9 Å². The molecule has 3 N–H and O–H groups in total. The molecule has 63 heavy (non-hydrogen) atoms. The average Bonchev–Trinajstić information content (AvgIpc) is 3.94. The normalized spacial score (nSPS) is 22.3. The molecule has 2 aromatic carbocycles. The first kappa shape index (κ1) is 42.1. The van der Waals surface area contributed by atoms with E-state index < -0.39 is 11.9 Å². The molecule has 2 unspecified atom stereocenters. The van der Waals surface area contributed by atoms with Crippen LogP contribution in [0.3, 0.4) is 0 Å². The summed E-state index contributed by atoms with van der Waals surface area (Å²) >= 11 is 0. The minimum absolute atomic E-state index is 0.00136. The van der Waals surface area contributed by atoms with Gasteiger partial charge in [0.1, 0.15) is 23.0 Å². The molecule has 16 heteroatoms. The lowest BCUT2D eigenvalue weighted by Gasteiger charge is -2.37. The van der Waals surface area contributed by atoms with Crippen LogP contribution in [0.1, 0.15) is 74.2 Å². The maximum Gasteiger partial charge on any atom is 0.278 e. The van der Waals surface area contributed by atoms with E-state index in [2.05, 4.69) is 62.4 Å². The lowest BCUT2D eigenvalue weighted by atomic mass is 9.91. The van der Waals surface area contributed by atoms with Gasteiger partial charge >= 0.3 is 0 Å². The average molecular weight is 857 g/mol. The topological polar surface area (TPSA) is 168 Å². The van der Waals surface area contributed by atoms with E-state index in [1.165, 1.54) is 5.57 Å². The second-order valence-corrected chi connectivity index (χ2v) is 17.0. The van der Waals surface area contributed by atoms with Gasteiger partial charge in [-0.2, -0.15) is 4.98 Å². The number of piperidine rings is 1. The molecule has 4 aliphatic heterocycles. The summed E-state index contributed by atoms with van der Waals surface area (Å²) in [6.45, 7) is 12.1. The highest BCUT2D eigenvalue weighted by molar-refractivity contribution is 6.05. The molecule has 1 aliphatic carbocycles. The predicted octanol–water partition coefficient (Wildman–Crippen LogP) is 4.94. The summed E-state index contributed by atoms with van der Waals surface area (Å²) < 4.78 is 15.7. The molecule has 5 aliphatic rings. The molecule has 4 aromatic rings. The zero-order valence-corrected chi connectivity index (χ0v) is 36.1. The van der Waals surface area contributed by atoms with Crippen molar-refractivity contribution >= 4 is 51.9 Å². The summed E-state index contributed by atoms with van der Waals surface area (Å²) in [4.78, 5) is 66.7. The van der Waals surface area contributed by atoms with Gasteiger partial charge in [-0.25, -0.2) is 14.3 Å². The van der Waals surface area contributed by atoms with Crippen molar-refractivity contribution in [2.45, 2.75) is 89.1 Å². The van der Waals surface area contributed by atoms with E-state index in [1.54, 1.807) is 35.0 Å². The fourth-order valence-electron chi connectivity index (χ4n) is 9.87. The lowest BCUT2D eigenvalue weighted by molar-refractivity contribution is -0.136. The first-order valence-electron chi connectivity index (χ1n) is 22.3. The van der Waals surface area contributed by atoms with Gasteiger partial charge < -0.3 is 29.9 Å². The van der Waals surface area contributed by atoms with E-state index in [9.17, 15) is 19.2 Å². The molecule has 3 atom stereocenters. The summed E-state index contributed by atoms with van der Waals surface area (Å²) in [5, 5.41) is 9.84. The number of hydrogen-bond donors (Lipinski definition) is 3. The number of amides is 3. The van der Waals surface area contributed by atoms with Crippen LogP contribution in [0.4, 0.5) is 17.3 Å². The monoisotopic (exact) mass is 856 g/mol. The van der Waals surface area contributed by atoms with Gasteiger partial charge in [-0.3, -0.25) is 29.4 Å². The minimum Gasteiger partial charge on any atom is -0.493 e. The van der Waals surface area contributed by atoms with Crippen LogP contribution in [0.2, 0.25) is 0 Å². The number of fused-ring (bicyclic) bond motifs is 3. The zero-order valence-electron chi connectivity index (χ0n) is 36.1. The standard InChI is InChI=1S/C47H56N10O6/c1-4-22-56-45(61)35-29-48-46(52-42(35)57(56)39-18-12-31-20-21-47(5-2,62-3)41(31)50-39)49-32-13-15-33(16-14-32)54-26-24-53(25-27-54)23-7-6-8-28-63-38-11-9-10-34-36(38)30-55(44(34)60)37-17-19-40(58)51-43(37)59/h4,9-16,18,29,37,41,50H,1,5-8,17,19-28,30H2,2-3H3,(H,48,49,52)(H,51,58,59)/t37?,41?,47-/m1/s1. The fourth-order valence-corrected chi connectivity index (χ4v) is 9.87. The molecule has 6 heterocycles. The number of hydrogen-bond acceptors (Lipinski definition) is 12. The zero-order chi connectivity index (χ0) is 43.7. The molecule has 9 rings (SSSR count). The Labute approximate surface area is 366 Å². The maximum atomic E-state index is 13.6. The largest absolute Gasteiger partial charge is 0.493 e. The Kier molecular flexibility index (Phi) is 11.9. The van der Waals surface area contributed by atoms with Crippen molar-refractivity contribution in [3.8, 4) is 5.75 Å². The third-order valence-electron chi connectivity index (χ3n) is 13.5. The Morgan fingerprint density at radius 2 is 1.83 bits per heavy atom. The van der Waals surface area contributed by atoms with Crippen LogP contribution in [0, 0.1) is 0 Å². The van der Waals surface area contributed by atoms with Crippen molar-refractivity contribution in [1.29, 1.82) is 0 Å². The van der Waals surface area contributed by atoms with Crippen LogP contribution in [0.25, 0.3) is 16.9 Å². The van der Waals surface area contributed by atoms with Gasteiger partial charge in [0.15, 0.2) is 5.65 Å². The molecule has 2 saturated heterocycles. The minimum atomic E-state index is -0.642. The van der Waals surface area contributed by atoms with Gasteiger partial charge in [-0.1, -0.05) is 25.1 Å². The SMILES string of the molecule is C=CCn1c(=O)c2cnc(Nc3ccc(N4CCN(CCCCCOc5cccc6c5CN(C5CCC(=O)NC5=O)C6=O)CC4)cc3)nc2n1C1=CC=C2CC[C@@](CC)(OC)C2N1. The third-order valence-corrected chi connectivity index (χ3v) is 13.5. The highest BCUT2D eigenvalue weighted by Gasteiger charge is 2.46. The van der Waals surface area contributed by atoms with E-state index in [-0.39, 0.29) is 35.4 Å². The van der Waals surface area contributed by atoms with E-state index in [0.717, 1.165) is 94.0 Å². The predicted molar refractivity (Wildman–Crippen MR) is 241 cm³/mol. The number of methoxy groups -OCH3 is 1. The highest BCUT2D eigenvalue weighted by Crippen LogP contribution is 2.42. The number of imide groups is 1. The summed E-state index contributed by atoms with van der Waals surface area (Å²) in [6, 6.07) is 13.2. The van der Waals surface area contributed by atoms with Gasteiger partial charge in [0.25, 0.3) is 11.5 Å². The fraction of sp³-hybridized carbons (Fsp3) is 0.447. The molecular formula is C47H56N10O6. The van der Waals surface area contributed by atoms with Gasteiger partial charge in [0.05, 0.1) is 31.3 Å². The number of nitrogens with zero attached hydrogens (tertiary/aromatic N) is 7. The number of nitrogens with one attached hydrogen (secondary N) is 3. The number of ether oxygens (including phenoxy) is 2. The van der Waals surface area contributed by atoms with E-state index in [0.29, 0.717) is 54.4 Å². The second kappa shape index (κ2) is 17.8. The Balaban J connectivity index is 0.748. The van der Waals surface area contributed by atoms with Crippen molar-refractivity contribution in [2.24, 2.45) is 0 Å². The van der Waals surface area contributed by atoms with Crippen molar-refractivity contribution in [2.75, 3.05) is 56.7 Å². The molecule has 330 valence electrons. The Morgan fingerprint density at radius 1 is 1.00 bits per heavy atom. The number of dihydropyridines is 1. The van der Waals surface area contributed by atoms with Gasteiger partial charge in [0, 0.05) is 68.4 Å². The number of benzene rings is 2. The third kappa shape index (κ3) is 8.13. The first-order valence-corrected chi connectivity index (χ1v) is 22.3. The number of rotatable bonds is 16. The molecule has 2 aromatic heterocycles.